The molecule has 1 heterocycles. The second kappa shape index (κ2) is 7.04. The fourth-order valence-electron chi connectivity index (χ4n) is 1.69. The number of nitrogens with zero attached hydrogens (tertiary/aromatic N) is 2. The summed E-state index contributed by atoms with van der Waals surface area (Å²) in [6.45, 7) is 4.38. The highest BCUT2D eigenvalue weighted by Gasteiger charge is 2.07. The molecule has 1 aliphatic rings. The predicted octanol–water partition coefficient (Wildman–Crippen LogP) is 3.24. The lowest BCUT2D eigenvalue weighted by Crippen LogP contribution is -2.20. The Balaban J connectivity index is 1.87. The van der Waals surface area contributed by atoms with Gasteiger partial charge in [0.15, 0.2) is 0 Å². The number of hydrogen-bond acceptors (Lipinski definition) is 3. The standard InChI is InChI=1S/C11H22N2S/c1-2-3-4-5-6-7-8-12-9-10-13(14)11-12/h9-10,14H,2-8,11H2,1H3. The predicted molar refractivity (Wildman–Crippen MR) is 64.9 cm³/mol. The Morgan fingerprint density at radius 3 is 2.43 bits per heavy atom. The molecule has 0 atom stereocenters. The molecule has 14 heavy (non-hydrogen) atoms. The number of hydrogen-bond donors (Lipinski definition) is 1. The van der Waals surface area contributed by atoms with Crippen LogP contribution in [0.15, 0.2) is 12.4 Å². The lowest BCUT2D eigenvalue weighted by atomic mass is 10.1. The minimum Gasteiger partial charge on any atom is -0.358 e. The van der Waals surface area contributed by atoms with Crippen molar-refractivity contribution in [2.24, 2.45) is 0 Å². The van der Waals surface area contributed by atoms with Crippen molar-refractivity contribution >= 4 is 12.8 Å². The molecule has 82 valence electrons. The Morgan fingerprint density at radius 1 is 1.07 bits per heavy atom. The topological polar surface area (TPSA) is 6.48 Å². The van der Waals surface area contributed by atoms with E-state index in [0.717, 1.165) is 6.67 Å². The molecule has 1 aliphatic heterocycles. The normalized spacial score (nSPS) is 15.6. The van der Waals surface area contributed by atoms with Gasteiger partial charge in [-0.1, -0.05) is 51.8 Å². The summed E-state index contributed by atoms with van der Waals surface area (Å²) in [5, 5.41) is 0. The molecule has 3 heteroatoms. The van der Waals surface area contributed by atoms with Crippen LogP contribution in [-0.2, 0) is 0 Å². The Bertz CT molecular complexity index is 171. The van der Waals surface area contributed by atoms with Gasteiger partial charge in [-0.05, 0) is 6.42 Å². The molecule has 0 bridgehead atoms. The number of unbranched alkanes of at least 4 members (excludes halogenated alkanes) is 5. The van der Waals surface area contributed by atoms with Gasteiger partial charge in [0.2, 0.25) is 0 Å². The lowest BCUT2D eigenvalue weighted by molar-refractivity contribution is 0.337. The molecule has 0 aliphatic carbocycles. The Labute approximate surface area is 93.5 Å². The first kappa shape index (κ1) is 11.8. The van der Waals surface area contributed by atoms with Crippen LogP contribution in [0.5, 0.6) is 0 Å². The minimum absolute atomic E-state index is 0.943. The molecule has 0 spiro atoms. The largest absolute Gasteiger partial charge is 0.358 e. The van der Waals surface area contributed by atoms with Gasteiger partial charge < -0.3 is 9.21 Å². The molecule has 0 aromatic carbocycles. The van der Waals surface area contributed by atoms with Crippen molar-refractivity contribution in [2.75, 3.05) is 13.2 Å². The smallest absolute Gasteiger partial charge is 0.0997 e. The molecule has 0 fully saturated rings. The van der Waals surface area contributed by atoms with E-state index in [2.05, 4.69) is 30.8 Å². The summed E-state index contributed by atoms with van der Waals surface area (Å²) in [6.07, 6.45) is 12.4. The van der Waals surface area contributed by atoms with Crippen LogP contribution < -0.4 is 0 Å². The first-order chi connectivity index (χ1) is 6.83. The van der Waals surface area contributed by atoms with Gasteiger partial charge in [-0.15, -0.1) is 0 Å². The first-order valence-corrected chi connectivity index (χ1v) is 6.11. The summed E-state index contributed by atoms with van der Waals surface area (Å²) in [5.74, 6) is 0. The van der Waals surface area contributed by atoms with E-state index < -0.39 is 0 Å². The molecule has 2 nitrogen and oxygen atoms in total. The summed E-state index contributed by atoms with van der Waals surface area (Å²) < 4.78 is 1.91. The Morgan fingerprint density at radius 2 is 1.79 bits per heavy atom. The van der Waals surface area contributed by atoms with Crippen LogP contribution in [-0.4, -0.2) is 22.4 Å². The van der Waals surface area contributed by atoms with Crippen LogP contribution in [0.4, 0.5) is 0 Å². The summed E-state index contributed by atoms with van der Waals surface area (Å²) in [5.41, 5.74) is 0. The van der Waals surface area contributed by atoms with E-state index in [-0.39, 0.29) is 0 Å². The van der Waals surface area contributed by atoms with Gasteiger partial charge in [0.05, 0.1) is 6.67 Å². The van der Waals surface area contributed by atoms with Crippen LogP contribution in [0.1, 0.15) is 45.4 Å². The van der Waals surface area contributed by atoms with Gasteiger partial charge in [-0.25, -0.2) is 0 Å². The minimum atomic E-state index is 0.943. The zero-order chi connectivity index (χ0) is 10.2. The molecule has 0 radical (unpaired) electrons. The SMILES string of the molecule is CCCCCCCCN1C=CN(S)C1. The molecule has 0 aromatic heterocycles. The zero-order valence-electron chi connectivity index (χ0n) is 9.15. The maximum Gasteiger partial charge on any atom is 0.0997 e. The molecule has 0 saturated carbocycles. The highest BCUT2D eigenvalue weighted by Crippen LogP contribution is 2.11. The van der Waals surface area contributed by atoms with Gasteiger partial charge >= 0.3 is 0 Å². The van der Waals surface area contributed by atoms with Gasteiger partial charge in [0.1, 0.15) is 0 Å². The van der Waals surface area contributed by atoms with E-state index in [1.165, 1.54) is 45.1 Å². The van der Waals surface area contributed by atoms with Gasteiger partial charge in [0, 0.05) is 18.9 Å². The number of thiol groups is 1. The third-order valence-electron chi connectivity index (χ3n) is 2.57. The second-order valence-electron chi connectivity index (χ2n) is 3.96. The van der Waals surface area contributed by atoms with Crippen molar-refractivity contribution in [3.63, 3.8) is 0 Å². The molecule has 1 rings (SSSR count). The fourth-order valence-corrected chi connectivity index (χ4v) is 1.91. The average molecular weight is 214 g/mol. The Hall–Kier alpha value is -0.310. The van der Waals surface area contributed by atoms with Crippen molar-refractivity contribution in [1.82, 2.24) is 9.21 Å². The molecule has 0 unspecified atom stereocenters. The van der Waals surface area contributed by atoms with E-state index in [0.29, 0.717) is 0 Å². The fraction of sp³-hybridized carbons (Fsp3) is 0.818. The van der Waals surface area contributed by atoms with Crippen molar-refractivity contribution in [1.29, 1.82) is 0 Å². The molecule has 0 aromatic rings. The quantitative estimate of drug-likeness (QED) is 0.513. The van der Waals surface area contributed by atoms with Crippen molar-refractivity contribution in [2.45, 2.75) is 45.4 Å². The van der Waals surface area contributed by atoms with Crippen molar-refractivity contribution in [3.8, 4) is 0 Å². The molecular weight excluding hydrogens is 192 g/mol. The van der Waals surface area contributed by atoms with Crippen LogP contribution >= 0.6 is 12.8 Å². The summed E-state index contributed by atoms with van der Waals surface area (Å²) in [7, 11) is 0. The van der Waals surface area contributed by atoms with Crippen molar-refractivity contribution < 1.29 is 0 Å². The molecule has 0 saturated heterocycles. The molecule has 0 N–H and O–H groups in total. The van der Waals surface area contributed by atoms with E-state index in [1.54, 1.807) is 0 Å². The monoisotopic (exact) mass is 214 g/mol. The van der Waals surface area contributed by atoms with Gasteiger partial charge in [-0.2, -0.15) is 0 Å². The van der Waals surface area contributed by atoms with Crippen LogP contribution in [0.3, 0.4) is 0 Å². The van der Waals surface area contributed by atoms with Crippen LogP contribution in [0.2, 0.25) is 0 Å². The van der Waals surface area contributed by atoms with Gasteiger partial charge in [-0.3, -0.25) is 0 Å². The summed E-state index contributed by atoms with van der Waals surface area (Å²) in [4.78, 5) is 2.31. The van der Waals surface area contributed by atoms with Crippen LogP contribution in [0, 0.1) is 0 Å². The highest BCUT2D eigenvalue weighted by atomic mass is 32.1. The van der Waals surface area contributed by atoms with Crippen molar-refractivity contribution in [3.05, 3.63) is 12.4 Å². The maximum absolute atomic E-state index is 4.25. The summed E-state index contributed by atoms with van der Waals surface area (Å²) >= 11 is 4.25. The van der Waals surface area contributed by atoms with E-state index in [9.17, 15) is 0 Å². The van der Waals surface area contributed by atoms with Crippen LogP contribution in [0.25, 0.3) is 0 Å². The van der Waals surface area contributed by atoms with E-state index in [4.69, 9.17) is 0 Å². The third kappa shape index (κ3) is 4.80. The van der Waals surface area contributed by atoms with Gasteiger partial charge in [0.25, 0.3) is 0 Å². The zero-order valence-corrected chi connectivity index (χ0v) is 10.0. The number of rotatable bonds is 7. The Kier molecular flexibility index (Phi) is 5.92. The van der Waals surface area contributed by atoms with E-state index in [1.807, 2.05) is 10.5 Å². The third-order valence-corrected chi connectivity index (χ3v) is 2.83. The summed E-state index contributed by atoms with van der Waals surface area (Å²) in [6, 6.07) is 0. The second-order valence-corrected chi connectivity index (χ2v) is 4.47. The molecular formula is C11H22N2S. The molecule has 0 amide bonds. The van der Waals surface area contributed by atoms with E-state index >= 15 is 0 Å². The lowest BCUT2D eigenvalue weighted by Gasteiger charge is -2.16. The maximum atomic E-state index is 4.25. The highest BCUT2D eigenvalue weighted by molar-refractivity contribution is 7.77. The average Bonchev–Trinajstić information content (AvgIpc) is 2.58. The first-order valence-electron chi connectivity index (χ1n) is 5.71.